The molecule has 0 aliphatic heterocycles. The van der Waals surface area contributed by atoms with Gasteiger partial charge in [0.2, 0.25) is 0 Å². The van der Waals surface area contributed by atoms with Gasteiger partial charge in [0.05, 0.1) is 174 Å². The van der Waals surface area contributed by atoms with Crippen molar-refractivity contribution in [2.75, 3.05) is 171 Å². The monoisotopic (exact) mass is 652 g/mol. The lowest BCUT2D eigenvalue weighted by atomic mass is 10.6. The highest BCUT2D eigenvalue weighted by molar-refractivity contribution is 7.85. The zero-order valence-electron chi connectivity index (χ0n) is 25.5. The lowest BCUT2D eigenvalue weighted by Gasteiger charge is -2.09. The molecular weight excluding hydrogens is 598 g/mol. The van der Waals surface area contributed by atoms with Crippen molar-refractivity contribution in [2.45, 2.75) is 0 Å². The predicted octanol–water partition coefficient (Wildman–Crippen LogP) is -1.31. The normalized spacial score (nSPS) is 12.0. The van der Waals surface area contributed by atoms with Crippen LogP contribution in [0.25, 0.3) is 0 Å². The lowest BCUT2D eigenvalue weighted by Crippen LogP contribution is -2.16. The Morgan fingerprint density at radius 2 is 0.488 bits per heavy atom. The molecule has 2 N–H and O–H groups in total. The first-order chi connectivity index (χ1) is 21.1. The molecule has 0 atom stereocenters. The van der Waals surface area contributed by atoms with Gasteiger partial charge in [-0.3, -0.25) is 0 Å². The van der Waals surface area contributed by atoms with Crippen molar-refractivity contribution in [1.82, 2.24) is 0 Å². The summed E-state index contributed by atoms with van der Waals surface area (Å²) < 4.78 is 95.3. The number of hydrogen-bond acceptors (Lipinski definition) is 16. The lowest BCUT2D eigenvalue weighted by molar-refractivity contribution is -0.0282. The first-order valence-corrected chi connectivity index (χ1v) is 16.2. The van der Waals surface area contributed by atoms with E-state index in [0.717, 1.165) is 0 Å². The van der Waals surface area contributed by atoms with Gasteiger partial charge in [0.15, 0.2) is 0 Å². The minimum Gasteiger partial charge on any atom is -0.748 e. The highest BCUT2D eigenvalue weighted by Gasteiger charge is 1.97. The summed E-state index contributed by atoms with van der Waals surface area (Å²) in [5, 5.41) is 0. The maximum atomic E-state index is 10.4. The van der Waals surface area contributed by atoms with Crippen LogP contribution in [0, 0.1) is 0 Å². The zero-order valence-corrected chi connectivity index (χ0v) is 26.3. The Morgan fingerprint density at radius 1 is 0.326 bits per heavy atom. The van der Waals surface area contributed by atoms with Crippen LogP contribution in [0.15, 0.2) is 0 Å². The molecule has 0 radical (unpaired) electrons. The van der Waals surface area contributed by atoms with Crippen molar-refractivity contribution in [3.8, 4) is 0 Å². The number of ether oxygens (including phenoxy) is 12. The van der Waals surface area contributed by atoms with Crippen LogP contribution in [0.1, 0.15) is 0 Å². The molecule has 0 aliphatic carbocycles. The Balaban J connectivity index is 3.05. The van der Waals surface area contributed by atoms with Crippen LogP contribution in [0.3, 0.4) is 0 Å². The largest absolute Gasteiger partial charge is 0.748 e. The zero-order chi connectivity index (χ0) is 31.4. The van der Waals surface area contributed by atoms with E-state index >= 15 is 0 Å². The molecule has 17 heteroatoms. The third-order valence-corrected chi connectivity index (χ3v) is 5.50. The van der Waals surface area contributed by atoms with E-state index in [9.17, 15) is 13.0 Å². The van der Waals surface area contributed by atoms with E-state index in [0.29, 0.717) is 152 Å². The van der Waals surface area contributed by atoms with E-state index < -0.39 is 15.9 Å². The summed E-state index contributed by atoms with van der Waals surface area (Å²) >= 11 is 0. The smallest absolute Gasteiger partial charge is 0.0968 e. The molecule has 0 spiro atoms. The molecule has 0 fully saturated rings. The summed E-state index contributed by atoms with van der Waals surface area (Å²) in [6.07, 6.45) is 0. The van der Waals surface area contributed by atoms with E-state index in [2.05, 4.69) is 0 Å². The van der Waals surface area contributed by atoms with Gasteiger partial charge in [-0.2, -0.15) is 0 Å². The second-order valence-corrected chi connectivity index (χ2v) is 9.92. The molecule has 43 heavy (non-hydrogen) atoms. The topological polar surface area (TPSA) is 194 Å². The Hall–Kier alpha value is -0.610. The van der Waals surface area contributed by atoms with Gasteiger partial charge in [-0.15, -0.1) is 0 Å². The minimum absolute atomic E-state index is 0.131. The average Bonchev–Trinajstić information content (AvgIpc) is 2.98. The molecule has 0 aromatic carbocycles. The Bertz CT molecular complexity index is 634. The molecule has 0 saturated carbocycles. The van der Waals surface area contributed by atoms with E-state index in [-0.39, 0.29) is 13.2 Å². The second kappa shape index (κ2) is 35.9. The standard InChI is InChI=1S/C26H55NO15S/c27-1-2-31-3-4-32-5-6-33-7-8-34-9-10-35-11-12-36-13-14-37-15-16-38-17-18-39-19-20-40-21-22-41-23-24-42-25-26-43(28,29)30/h1-27H2,(H,28,29,30)/p-1. The van der Waals surface area contributed by atoms with E-state index in [4.69, 9.17) is 62.6 Å². The first kappa shape index (κ1) is 42.4. The molecule has 0 heterocycles. The quantitative estimate of drug-likeness (QED) is 0.0609. The Kier molecular flexibility index (Phi) is 35.4. The predicted molar refractivity (Wildman–Crippen MR) is 153 cm³/mol. The SMILES string of the molecule is NCCOCCOCCOCCOCCOCCOCCOCCOCCOCCOCCOCCOCCS(=O)(=O)[O-]. The van der Waals surface area contributed by atoms with Crippen molar-refractivity contribution in [1.29, 1.82) is 0 Å². The molecule has 260 valence electrons. The molecule has 0 aliphatic rings. The maximum Gasteiger partial charge on any atom is 0.0968 e. The summed E-state index contributed by atoms with van der Waals surface area (Å²) in [7, 11) is -4.24. The molecule has 0 aromatic rings. The molecule has 0 bridgehead atoms. The van der Waals surface area contributed by atoms with Gasteiger partial charge in [-0.05, 0) is 0 Å². The first-order valence-electron chi connectivity index (χ1n) is 14.6. The van der Waals surface area contributed by atoms with Gasteiger partial charge >= 0.3 is 0 Å². The van der Waals surface area contributed by atoms with Crippen LogP contribution >= 0.6 is 0 Å². The molecule has 0 unspecified atom stereocenters. The van der Waals surface area contributed by atoms with Crippen LogP contribution in [-0.4, -0.2) is 184 Å². The Labute approximate surface area is 256 Å². The van der Waals surface area contributed by atoms with Gasteiger partial charge < -0.3 is 67.1 Å². The molecule has 0 saturated heterocycles. The van der Waals surface area contributed by atoms with E-state index in [1.165, 1.54) is 0 Å². The van der Waals surface area contributed by atoms with Crippen LogP contribution in [0.2, 0.25) is 0 Å². The van der Waals surface area contributed by atoms with Crippen LogP contribution < -0.4 is 5.73 Å². The van der Waals surface area contributed by atoms with Gasteiger partial charge in [0, 0.05) is 6.54 Å². The third kappa shape index (κ3) is 41.4. The molecule has 0 aromatic heterocycles. The van der Waals surface area contributed by atoms with Gasteiger partial charge in [0.1, 0.15) is 0 Å². The fourth-order valence-corrected chi connectivity index (χ4v) is 3.09. The Morgan fingerprint density at radius 3 is 0.651 bits per heavy atom. The summed E-state index contributed by atoms with van der Waals surface area (Å²) in [5.41, 5.74) is 5.32. The molecule has 0 amide bonds. The number of rotatable bonds is 38. The fraction of sp³-hybridized carbons (Fsp3) is 1.00. The van der Waals surface area contributed by atoms with Crippen molar-refractivity contribution in [3.63, 3.8) is 0 Å². The van der Waals surface area contributed by atoms with E-state index in [1.54, 1.807) is 0 Å². The van der Waals surface area contributed by atoms with Gasteiger partial charge in [0.25, 0.3) is 0 Å². The van der Waals surface area contributed by atoms with Gasteiger partial charge in [-0.25, -0.2) is 8.42 Å². The number of nitrogens with two attached hydrogens (primary N) is 1. The highest BCUT2D eigenvalue weighted by Crippen LogP contribution is 1.88. The molecule has 16 nitrogen and oxygen atoms in total. The summed E-state index contributed by atoms with van der Waals surface area (Å²) in [4.78, 5) is 0. The van der Waals surface area contributed by atoms with Crippen LogP contribution in [0.4, 0.5) is 0 Å². The second-order valence-electron chi connectivity index (χ2n) is 8.40. The fourth-order valence-electron chi connectivity index (χ4n) is 2.77. The van der Waals surface area contributed by atoms with Crippen LogP contribution in [-0.2, 0) is 67.0 Å². The summed E-state index contributed by atoms with van der Waals surface area (Å²) in [6.45, 7) is 11.1. The van der Waals surface area contributed by atoms with Crippen molar-refractivity contribution in [2.24, 2.45) is 5.73 Å². The van der Waals surface area contributed by atoms with E-state index in [1.807, 2.05) is 0 Å². The van der Waals surface area contributed by atoms with Crippen molar-refractivity contribution in [3.05, 3.63) is 0 Å². The van der Waals surface area contributed by atoms with Gasteiger partial charge in [-0.1, -0.05) is 0 Å². The average molecular weight is 653 g/mol. The summed E-state index contributed by atoms with van der Waals surface area (Å²) in [5.74, 6) is -0.537. The van der Waals surface area contributed by atoms with Crippen molar-refractivity contribution < 1.29 is 69.8 Å². The molecular formula is C26H54NO15S-. The highest BCUT2D eigenvalue weighted by atomic mass is 32.2. The van der Waals surface area contributed by atoms with Crippen LogP contribution in [0.5, 0.6) is 0 Å². The number of hydrogen-bond donors (Lipinski definition) is 1. The molecule has 0 rings (SSSR count). The summed E-state index contributed by atoms with van der Waals surface area (Å²) in [6, 6.07) is 0. The maximum absolute atomic E-state index is 10.4. The minimum atomic E-state index is -4.24. The third-order valence-electron chi connectivity index (χ3n) is 4.83. The van der Waals surface area contributed by atoms with Crippen molar-refractivity contribution >= 4 is 10.1 Å².